The van der Waals surface area contributed by atoms with Gasteiger partial charge in [-0.05, 0) is 5.92 Å². The van der Waals surface area contributed by atoms with Gasteiger partial charge in [-0.2, -0.15) is 0 Å². The Morgan fingerprint density at radius 2 is 1.60 bits per heavy atom. The molecular formula is C10H20N2O3. The molecule has 2 atom stereocenters. The van der Waals surface area contributed by atoms with Crippen molar-refractivity contribution >= 4 is 11.9 Å². The van der Waals surface area contributed by atoms with E-state index in [0.29, 0.717) is 0 Å². The van der Waals surface area contributed by atoms with Crippen molar-refractivity contribution in [3.05, 3.63) is 0 Å². The first-order chi connectivity index (χ1) is 6.77. The minimum atomic E-state index is -1.26. The predicted octanol–water partition coefficient (Wildman–Crippen LogP) is -1.86. The SMILES string of the molecule is CC(C)[C@@H]([NH3+])C(=O)N[C@@H](C(=O)[O-])C(C)C. The van der Waals surface area contributed by atoms with Crippen LogP contribution in [0.1, 0.15) is 27.7 Å². The van der Waals surface area contributed by atoms with Crippen LogP contribution in [-0.2, 0) is 9.59 Å². The Bertz CT molecular complexity index is 239. The lowest BCUT2D eigenvalue weighted by molar-refractivity contribution is -0.414. The van der Waals surface area contributed by atoms with E-state index < -0.39 is 18.1 Å². The number of rotatable bonds is 5. The number of hydrogen-bond donors (Lipinski definition) is 2. The quantitative estimate of drug-likeness (QED) is 0.564. The number of carbonyl (C=O) groups is 2. The minimum absolute atomic E-state index is 0.0829. The monoisotopic (exact) mass is 216 g/mol. The van der Waals surface area contributed by atoms with Gasteiger partial charge >= 0.3 is 0 Å². The van der Waals surface area contributed by atoms with Crippen molar-refractivity contribution in [3.63, 3.8) is 0 Å². The normalized spacial score (nSPS) is 15.1. The van der Waals surface area contributed by atoms with Gasteiger partial charge in [-0.25, -0.2) is 0 Å². The molecule has 0 aliphatic heterocycles. The highest BCUT2D eigenvalue weighted by Crippen LogP contribution is 2.02. The van der Waals surface area contributed by atoms with Crippen LogP contribution in [0.4, 0.5) is 0 Å². The van der Waals surface area contributed by atoms with E-state index >= 15 is 0 Å². The Balaban J connectivity index is 4.43. The van der Waals surface area contributed by atoms with Crippen molar-refractivity contribution in [2.75, 3.05) is 0 Å². The summed E-state index contributed by atoms with van der Waals surface area (Å²) in [5, 5.41) is 13.2. The largest absolute Gasteiger partial charge is 0.548 e. The van der Waals surface area contributed by atoms with Crippen molar-refractivity contribution in [1.82, 2.24) is 5.32 Å². The van der Waals surface area contributed by atoms with Crippen molar-refractivity contribution in [3.8, 4) is 0 Å². The molecule has 1 amide bonds. The third kappa shape index (κ3) is 4.29. The Labute approximate surface area is 90.0 Å². The number of carboxylic acid groups (broad SMARTS) is 1. The molecule has 0 heterocycles. The predicted molar refractivity (Wildman–Crippen MR) is 53.3 cm³/mol. The number of quaternary nitrogens is 1. The molecule has 0 rings (SSSR count). The Kier molecular flexibility index (Phi) is 5.28. The first kappa shape index (κ1) is 13.9. The van der Waals surface area contributed by atoms with Gasteiger partial charge in [0.1, 0.15) is 0 Å². The number of hydrogen-bond acceptors (Lipinski definition) is 3. The number of carboxylic acids is 1. The van der Waals surface area contributed by atoms with Gasteiger partial charge in [0.25, 0.3) is 5.91 Å². The molecule has 0 saturated carbocycles. The van der Waals surface area contributed by atoms with E-state index in [1.165, 1.54) is 0 Å². The second-order valence-electron chi connectivity index (χ2n) is 4.40. The van der Waals surface area contributed by atoms with E-state index in [-0.39, 0.29) is 17.7 Å². The third-order valence-electron chi connectivity index (χ3n) is 2.36. The van der Waals surface area contributed by atoms with Gasteiger partial charge in [-0.3, -0.25) is 4.79 Å². The smallest absolute Gasteiger partial charge is 0.278 e. The van der Waals surface area contributed by atoms with Crippen molar-refractivity contribution in [2.45, 2.75) is 39.8 Å². The average Bonchev–Trinajstić information content (AvgIpc) is 2.11. The summed E-state index contributed by atoms with van der Waals surface area (Å²) in [5.74, 6) is -1.71. The van der Waals surface area contributed by atoms with Gasteiger partial charge in [-0.15, -0.1) is 0 Å². The van der Waals surface area contributed by atoms with Gasteiger partial charge in [0.15, 0.2) is 6.04 Å². The highest BCUT2D eigenvalue weighted by Gasteiger charge is 2.25. The zero-order valence-corrected chi connectivity index (χ0v) is 9.74. The second kappa shape index (κ2) is 5.70. The summed E-state index contributed by atoms with van der Waals surface area (Å²) in [6.45, 7) is 7.16. The first-order valence-corrected chi connectivity index (χ1v) is 5.11. The average molecular weight is 216 g/mol. The van der Waals surface area contributed by atoms with Gasteiger partial charge < -0.3 is 21.0 Å². The molecule has 88 valence electrons. The molecule has 0 spiro atoms. The molecule has 4 N–H and O–H groups in total. The molecule has 5 nitrogen and oxygen atoms in total. The maximum absolute atomic E-state index is 11.5. The van der Waals surface area contributed by atoms with Crippen molar-refractivity contribution in [1.29, 1.82) is 0 Å². The molecule has 0 fully saturated rings. The van der Waals surface area contributed by atoms with Crippen LogP contribution in [0.3, 0.4) is 0 Å². The molecule has 0 saturated heterocycles. The van der Waals surface area contributed by atoms with Crippen LogP contribution < -0.4 is 16.2 Å². The fourth-order valence-corrected chi connectivity index (χ4v) is 1.06. The molecule has 0 bridgehead atoms. The zero-order chi connectivity index (χ0) is 12.2. The van der Waals surface area contributed by atoms with E-state index in [9.17, 15) is 14.7 Å². The van der Waals surface area contributed by atoms with E-state index in [1.807, 2.05) is 13.8 Å². The summed E-state index contributed by atoms with van der Waals surface area (Å²) in [7, 11) is 0. The summed E-state index contributed by atoms with van der Waals surface area (Å²) < 4.78 is 0. The molecule has 0 aromatic heterocycles. The standard InChI is InChI=1S/C10H20N2O3/c1-5(2)7(11)9(13)12-8(6(3)4)10(14)15/h5-8H,11H2,1-4H3,(H,12,13)(H,14,15)/t7-,8-/m1/s1. The van der Waals surface area contributed by atoms with Crippen LogP contribution in [0.5, 0.6) is 0 Å². The summed E-state index contributed by atoms with van der Waals surface area (Å²) in [4.78, 5) is 22.3. The fourth-order valence-electron chi connectivity index (χ4n) is 1.06. The van der Waals surface area contributed by atoms with Crippen LogP contribution in [-0.4, -0.2) is 24.0 Å². The fraction of sp³-hybridized carbons (Fsp3) is 0.800. The van der Waals surface area contributed by atoms with E-state index in [4.69, 9.17) is 0 Å². The van der Waals surface area contributed by atoms with Gasteiger partial charge in [0, 0.05) is 5.92 Å². The molecule has 0 aromatic rings. The van der Waals surface area contributed by atoms with Gasteiger partial charge in [0.05, 0.1) is 12.0 Å². The highest BCUT2D eigenvalue weighted by molar-refractivity contribution is 5.85. The number of aliphatic carboxylic acids is 1. The lowest BCUT2D eigenvalue weighted by atomic mass is 10.0. The lowest BCUT2D eigenvalue weighted by Gasteiger charge is -2.24. The molecular weight excluding hydrogens is 196 g/mol. The number of amides is 1. The molecule has 5 heteroatoms. The topological polar surface area (TPSA) is 96.9 Å². The van der Waals surface area contributed by atoms with E-state index in [2.05, 4.69) is 11.1 Å². The van der Waals surface area contributed by atoms with Crippen LogP contribution in [0.15, 0.2) is 0 Å². The first-order valence-electron chi connectivity index (χ1n) is 5.11. The van der Waals surface area contributed by atoms with Crippen LogP contribution in [0.2, 0.25) is 0 Å². The summed E-state index contributed by atoms with van der Waals surface area (Å²) >= 11 is 0. The van der Waals surface area contributed by atoms with E-state index in [1.54, 1.807) is 13.8 Å². The van der Waals surface area contributed by atoms with Gasteiger partial charge in [0.2, 0.25) is 0 Å². The lowest BCUT2D eigenvalue weighted by Crippen LogP contribution is -2.71. The van der Waals surface area contributed by atoms with Crippen molar-refractivity contribution in [2.24, 2.45) is 11.8 Å². The van der Waals surface area contributed by atoms with Crippen LogP contribution in [0, 0.1) is 11.8 Å². The zero-order valence-electron chi connectivity index (χ0n) is 9.74. The number of carbonyl (C=O) groups excluding carboxylic acids is 2. The highest BCUT2D eigenvalue weighted by atomic mass is 16.4. The van der Waals surface area contributed by atoms with Crippen LogP contribution in [0.25, 0.3) is 0 Å². The molecule has 0 aliphatic rings. The summed E-state index contributed by atoms with van der Waals surface area (Å²) in [6.07, 6.45) is 0. The molecule has 0 aliphatic carbocycles. The Hall–Kier alpha value is -1.10. The molecule has 0 aromatic carbocycles. The maximum Gasteiger partial charge on any atom is 0.278 e. The summed E-state index contributed by atoms with van der Waals surface area (Å²) in [5.41, 5.74) is 3.68. The maximum atomic E-state index is 11.5. The number of nitrogens with one attached hydrogen (secondary N) is 1. The van der Waals surface area contributed by atoms with Gasteiger partial charge in [-0.1, -0.05) is 27.7 Å². The molecule has 0 radical (unpaired) electrons. The Morgan fingerprint density at radius 1 is 1.13 bits per heavy atom. The minimum Gasteiger partial charge on any atom is -0.548 e. The molecule has 0 unspecified atom stereocenters. The Morgan fingerprint density at radius 3 is 1.87 bits per heavy atom. The third-order valence-corrected chi connectivity index (χ3v) is 2.36. The summed E-state index contributed by atoms with van der Waals surface area (Å²) in [6, 6.07) is -1.38. The second-order valence-corrected chi connectivity index (χ2v) is 4.40. The van der Waals surface area contributed by atoms with Crippen LogP contribution >= 0.6 is 0 Å². The van der Waals surface area contributed by atoms with E-state index in [0.717, 1.165) is 0 Å². The molecule has 15 heavy (non-hydrogen) atoms. The van der Waals surface area contributed by atoms with Crippen molar-refractivity contribution < 1.29 is 20.4 Å².